The van der Waals surface area contributed by atoms with Crippen LogP contribution < -0.4 is 0 Å². The largest absolute Gasteiger partial charge is 0.223 e. The molecule has 25 heavy (non-hydrogen) atoms. The van der Waals surface area contributed by atoms with Crippen LogP contribution in [-0.4, -0.2) is 21.9 Å². The van der Waals surface area contributed by atoms with Gasteiger partial charge in [0.15, 0.2) is 24.8 Å². The van der Waals surface area contributed by atoms with Crippen molar-refractivity contribution in [3.63, 3.8) is 0 Å². The summed E-state index contributed by atoms with van der Waals surface area (Å²) >= 11 is 11.5. The van der Waals surface area contributed by atoms with E-state index in [1.807, 2.05) is 0 Å². The Morgan fingerprint density at radius 2 is 0.960 bits per heavy atom. The fraction of sp³-hybridized carbons (Fsp3) is 0.0588. The molecule has 2 aromatic carbocycles. The SMILES string of the molecule is O=S(=O)(C=Cc1ccc(Cl)cc1)CS(=O)(=O)/C=C\c1ccc(Cl)cc1. The molecule has 0 bridgehead atoms. The van der Waals surface area contributed by atoms with Crippen LogP contribution in [0.25, 0.3) is 12.2 Å². The van der Waals surface area contributed by atoms with Gasteiger partial charge in [-0.2, -0.15) is 0 Å². The average molecular weight is 417 g/mol. The molecule has 0 aromatic heterocycles. The second-order valence-corrected chi connectivity index (χ2v) is 10.2. The molecule has 0 atom stereocenters. The third-order valence-electron chi connectivity index (χ3n) is 3.00. The summed E-state index contributed by atoms with van der Waals surface area (Å²) in [5.41, 5.74) is 1.20. The van der Waals surface area contributed by atoms with Gasteiger partial charge in [0.1, 0.15) is 0 Å². The molecule has 0 unspecified atom stereocenters. The van der Waals surface area contributed by atoms with Gasteiger partial charge in [0.25, 0.3) is 0 Å². The van der Waals surface area contributed by atoms with Gasteiger partial charge >= 0.3 is 0 Å². The molecule has 0 N–H and O–H groups in total. The molecule has 2 aromatic rings. The quantitative estimate of drug-likeness (QED) is 0.698. The Balaban J connectivity index is 2.09. The molecule has 0 heterocycles. The summed E-state index contributed by atoms with van der Waals surface area (Å²) in [7, 11) is -7.87. The van der Waals surface area contributed by atoms with Gasteiger partial charge in [-0.1, -0.05) is 47.5 Å². The predicted octanol–water partition coefficient (Wildman–Crippen LogP) is 4.42. The van der Waals surface area contributed by atoms with Gasteiger partial charge in [-0.3, -0.25) is 0 Å². The van der Waals surface area contributed by atoms with Crippen LogP contribution in [0, 0.1) is 0 Å². The Kier molecular flexibility index (Phi) is 6.46. The highest BCUT2D eigenvalue weighted by Crippen LogP contribution is 2.14. The second kappa shape index (κ2) is 8.19. The van der Waals surface area contributed by atoms with Gasteiger partial charge in [0.2, 0.25) is 0 Å². The van der Waals surface area contributed by atoms with Crippen molar-refractivity contribution in [1.29, 1.82) is 0 Å². The fourth-order valence-corrected chi connectivity index (χ4v) is 5.26. The van der Waals surface area contributed by atoms with E-state index in [1.165, 1.54) is 12.2 Å². The van der Waals surface area contributed by atoms with Crippen molar-refractivity contribution < 1.29 is 16.8 Å². The average Bonchev–Trinajstić information content (AvgIpc) is 2.53. The van der Waals surface area contributed by atoms with Gasteiger partial charge in [-0.05, 0) is 47.5 Å². The van der Waals surface area contributed by atoms with Crippen molar-refractivity contribution >= 4 is 55.0 Å². The molecule has 132 valence electrons. The van der Waals surface area contributed by atoms with Crippen LogP contribution in [0.5, 0.6) is 0 Å². The maximum atomic E-state index is 12.0. The Morgan fingerprint density at radius 1 is 0.640 bits per heavy atom. The molecule has 0 fully saturated rings. The zero-order valence-corrected chi connectivity index (χ0v) is 16.0. The van der Waals surface area contributed by atoms with E-state index in [2.05, 4.69) is 0 Å². The molecule has 0 saturated heterocycles. The number of hydrogen-bond acceptors (Lipinski definition) is 4. The maximum Gasteiger partial charge on any atom is 0.186 e. The van der Waals surface area contributed by atoms with Crippen molar-refractivity contribution in [2.45, 2.75) is 0 Å². The van der Waals surface area contributed by atoms with E-state index in [4.69, 9.17) is 23.2 Å². The van der Waals surface area contributed by atoms with Gasteiger partial charge in [0.05, 0.1) is 0 Å². The van der Waals surface area contributed by atoms with Gasteiger partial charge in [-0.15, -0.1) is 0 Å². The zero-order valence-electron chi connectivity index (χ0n) is 12.8. The Labute approximate surface area is 157 Å². The standard InChI is InChI=1S/C17H14Cl2O4S2/c18-16-5-1-14(2-6-16)9-11-24(20,21)13-25(22,23)12-10-15-3-7-17(19)8-4-15/h1-12H,13H2/b11-9-,12-10?. The topological polar surface area (TPSA) is 68.3 Å². The lowest BCUT2D eigenvalue weighted by molar-refractivity contribution is 0.598. The smallest absolute Gasteiger partial charge is 0.186 e. The minimum Gasteiger partial charge on any atom is -0.223 e. The van der Waals surface area contributed by atoms with Gasteiger partial charge < -0.3 is 0 Å². The number of benzene rings is 2. The van der Waals surface area contributed by atoms with E-state index in [1.54, 1.807) is 48.5 Å². The van der Waals surface area contributed by atoms with Crippen molar-refractivity contribution in [2.75, 3.05) is 5.08 Å². The maximum absolute atomic E-state index is 12.0. The number of hydrogen-bond donors (Lipinski definition) is 0. The molecule has 8 heteroatoms. The first-order valence-corrected chi connectivity index (χ1v) is 11.2. The lowest BCUT2D eigenvalue weighted by Crippen LogP contribution is -2.11. The Morgan fingerprint density at radius 3 is 1.28 bits per heavy atom. The normalized spacial score (nSPS) is 12.9. The molecule has 0 spiro atoms. The Bertz CT molecular complexity index is 906. The molecule has 0 saturated carbocycles. The first-order chi connectivity index (χ1) is 11.7. The molecule has 2 rings (SSSR count). The zero-order chi connectivity index (χ0) is 18.5. The lowest BCUT2D eigenvalue weighted by atomic mass is 10.2. The van der Waals surface area contributed by atoms with Crippen LogP contribution >= 0.6 is 23.2 Å². The van der Waals surface area contributed by atoms with E-state index in [0.29, 0.717) is 21.2 Å². The summed E-state index contributed by atoms with van der Waals surface area (Å²) < 4.78 is 48.0. The summed E-state index contributed by atoms with van der Waals surface area (Å²) in [4.78, 5) is 0. The number of halogens is 2. The van der Waals surface area contributed by atoms with Crippen LogP contribution in [0.3, 0.4) is 0 Å². The molecular weight excluding hydrogens is 403 g/mol. The lowest BCUT2D eigenvalue weighted by Gasteiger charge is -1.99. The molecule has 0 amide bonds. The molecule has 4 nitrogen and oxygen atoms in total. The minimum absolute atomic E-state index is 0.523. The van der Waals surface area contributed by atoms with Crippen LogP contribution in [0.1, 0.15) is 11.1 Å². The highest BCUT2D eigenvalue weighted by Gasteiger charge is 2.17. The summed E-state index contributed by atoms with van der Waals surface area (Å²) in [5.74, 6) is 0. The molecule has 0 aliphatic rings. The fourth-order valence-electron chi connectivity index (χ4n) is 1.82. The van der Waals surface area contributed by atoms with Gasteiger partial charge in [0, 0.05) is 20.9 Å². The molecule has 0 aliphatic heterocycles. The van der Waals surface area contributed by atoms with E-state index >= 15 is 0 Å². The van der Waals surface area contributed by atoms with E-state index in [9.17, 15) is 16.8 Å². The van der Waals surface area contributed by atoms with E-state index in [0.717, 1.165) is 10.8 Å². The van der Waals surface area contributed by atoms with E-state index in [-0.39, 0.29) is 0 Å². The van der Waals surface area contributed by atoms with Crippen LogP contribution in [0.4, 0.5) is 0 Å². The first-order valence-electron chi connectivity index (χ1n) is 6.98. The van der Waals surface area contributed by atoms with Crippen LogP contribution in [-0.2, 0) is 19.7 Å². The van der Waals surface area contributed by atoms with Crippen molar-refractivity contribution in [1.82, 2.24) is 0 Å². The highest BCUT2D eigenvalue weighted by atomic mass is 35.5. The predicted molar refractivity (Wildman–Crippen MR) is 104 cm³/mol. The molecular formula is C17H14Cl2O4S2. The van der Waals surface area contributed by atoms with E-state index < -0.39 is 24.8 Å². The molecule has 0 radical (unpaired) electrons. The molecule has 0 aliphatic carbocycles. The number of rotatable bonds is 6. The second-order valence-electron chi connectivity index (χ2n) is 5.15. The minimum atomic E-state index is -3.93. The monoisotopic (exact) mass is 416 g/mol. The number of sulfone groups is 2. The van der Waals surface area contributed by atoms with Gasteiger partial charge in [-0.25, -0.2) is 16.8 Å². The van der Waals surface area contributed by atoms with Crippen molar-refractivity contribution in [3.05, 3.63) is 80.5 Å². The van der Waals surface area contributed by atoms with Crippen molar-refractivity contribution in [2.24, 2.45) is 0 Å². The summed E-state index contributed by atoms with van der Waals surface area (Å²) in [6, 6.07) is 13.0. The third kappa shape index (κ3) is 7.04. The van der Waals surface area contributed by atoms with Crippen molar-refractivity contribution in [3.8, 4) is 0 Å². The third-order valence-corrected chi connectivity index (χ3v) is 7.24. The first kappa shape index (κ1) is 19.7. The Hall–Kier alpha value is -1.60. The highest BCUT2D eigenvalue weighted by molar-refractivity contribution is 8.10. The summed E-state index contributed by atoms with van der Waals surface area (Å²) in [6.45, 7) is 0. The summed E-state index contributed by atoms with van der Waals surface area (Å²) in [6.07, 6.45) is 2.65. The van der Waals surface area contributed by atoms with Crippen LogP contribution in [0.15, 0.2) is 59.3 Å². The van der Waals surface area contributed by atoms with Crippen LogP contribution in [0.2, 0.25) is 10.0 Å². The summed E-state index contributed by atoms with van der Waals surface area (Å²) in [5, 5.41) is 1.80.